The van der Waals surface area contributed by atoms with Gasteiger partial charge in [-0.05, 0) is 55.5 Å². The minimum absolute atomic E-state index is 0.0928. The highest BCUT2D eigenvalue weighted by molar-refractivity contribution is 6.30. The van der Waals surface area contributed by atoms with Crippen LogP contribution in [0.15, 0.2) is 36.7 Å². The van der Waals surface area contributed by atoms with E-state index >= 15 is 0 Å². The first-order chi connectivity index (χ1) is 16.4. The van der Waals surface area contributed by atoms with Crippen molar-refractivity contribution in [1.82, 2.24) is 29.6 Å². The molecule has 0 bridgehead atoms. The Morgan fingerprint density at radius 3 is 2.41 bits per heavy atom. The maximum Gasteiger partial charge on any atom is 0.406 e. The van der Waals surface area contributed by atoms with E-state index < -0.39 is 11.7 Å². The summed E-state index contributed by atoms with van der Waals surface area (Å²) in [4.78, 5) is 12.3. The molecule has 1 saturated carbocycles. The third-order valence-electron chi connectivity index (χ3n) is 7.28. The summed E-state index contributed by atoms with van der Waals surface area (Å²) in [5, 5.41) is 9.40. The van der Waals surface area contributed by atoms with Crippen LogP contribution in [0.1, 0.15) is 48.8 Å². The molecular formula is C23H23ClF3N7. The van der Waals surface area contributed by atoms with Crippen molar-refractivity contribution in [1.29, 1.82) is 0 Å². The van der Waals surface area contributed by atoms with E-state index in [0.717, 1.165) is 43.0 Å². The number of anilines is 1. The van der Waals surface area contributed by atoms with Crippen molar-refractivity contribution in [2.24, 2.45) is 0 Å². The zero-order valence-electron chi connectivity index (χ0n) is 18.3. The number of nitrogens with zero attached hydrogens (tertiary/aromatic N) is 7. The molecule has 1 saturated heterocycles. The van der Waals surface area contributed by atoms with Gasteiger partial charge in [-0.15, -0.1) is 10.2 Å². The number of hydrogen-bond donors (Lipinski definition) is 0. The smallest absolute Gasteiger partial charge is 0.341 e. The summed E-state index contributed by atoms with van der Waals surface area (Å²) in [6, 6.07) is 7.21. The molecule has 0 radical (unpaired) electrons. The highest BCUT2D eigenvalue weighted by Gasteiger charge is 2.66. The maximum atomic E-state index is 14.0. The van der Waals surface area contributed by atoms with Gasteiger partial charge in [-0.2, -0.15) is 13.2 Å². The van der Waals surface area contributed by atoms with Crippen LogP contribution < -0.4 is 4.90 Å². The van der Waals surface area contributed by atoms with E-state index in [1.54, 1.807) is 30.6 Å². The molecule has 0 unspecified atom stereocenters. The maximum absolute atomic E-state index is 14.0. The van der Waals surface area contributed by atoms with Crippen LogP contribution in [0, 0.1) is 0 Å². The zero-order chi connectivity index (χ0) is 23.5. The molecule has 0 N–H and O–H groups in total. The summed E-state index contributed by atoms with van der Waals surface area (Å²) in [5.41, 5.74) is -0.221. The summed E-state index contributed by atoms with van der Waals surface area (Å²) in [5.74, 6) is 2.18. The molecule has 7 nitrogen and oxygen atoms in total. The number of alkyl halides is 3. The molecule has 1 aromatic carbocycles. The van der Waals surface area contributed by atoms with Crippen molar-refractivity contribution < 1.29 is 13.2 Å². The van der Waals surface area contributed by atoms with Gasteiger partial charge in [-0.25, -0.2) is 9.97 Å². The van der Waals surface area contributed by atoms with E-state index in [4.69, 9.17) is 11.6 Å². The normalized spacial score (nSPS) is 20.5. The third kappa shape index (κ3) is 3.54. The molecule has 0 amide bonds. The molecule has 6 rings (SSSR count). The fourth-order valence-electron chi connectivity index (χ4n) is 5.28. The number of aromatic nitrogens is 5. The fourth-order valence-corrected chi connectivity index (χ4v) is 5.48. The van der Waals surface area contributed by atoms with E-state index in [0.29, 0.717) is 16.8 Å². The van der Waals surface area contributed by atoms with Gasteiger partial charge in [0.15, 0.2) is 5.82 Å². The lowest BCUT2D eigenvalue weighted by Gasteiger charge is -2.32. The number of rotatable bonds is 3. The third-order valence-corrected chi connectivity index (χ3v) is 7.52. The van der Waals surface area contributed by atoms with Gasteiger partial charge in [-0.3, -0.25) is 9.47 Å². The first-order valence-corrected chi connectivity index (χ1v) is 11.8. The van der Waals surface area contributed by atoms with Crippen LogP contribution in [0.2, 0.25) is 5.02 Å². The quantitative estimate of drug-likeness (QED) is 0.539. The van der Waals surface area contributed by atoms with Crippen LogP contribution in [0.3, 0.4) is 0 Å². The lowest BCUT2D eigenvalue weighted by molar-refractivity contribution is -0.200. The first-order valence-electron chi connectivity index (χ1n) is 11.4. The number of benzene rings is 1. The highest BCUT2D eigenvalue weighted by atomic mass is 35.5. The fraction of sp³-hybridized carbons (Fsp3) is 0.478. The Morgan fingerprint density at radius 2 is 1.74 bits per heavy atom. The number of fused-ring (bicyclic) bond motifs is 3. The summed E-state index contributed by atoms with van der Waals surface area (Å²) < 4.78 is 43.9. The molecule has 2 fully saturated rings. The molecule has 3 aliphatic rings. The summed E-state index contributed by atoms with van der Waals surface area (Å²) in [6.45, 7) is 1.80. The largest absolute Gasteiger partial charge is 0.406 e. The van der Waals surface area contributed by atoms with Gasteiger partial charge in [0.05, 0.1) is 12.2 Å². The Kier molecular flexibility index (Phi) is 5.07. The highest BCUT2D eigenvalue weighted by Crippen LogP contribution is 2.55. The Morgan fingerprint density at radius 1 is 1.00 bits per heavy atom. The van der Waals surface area contributed by atoms with Crippen molar-refractivity contribution >= 4 is 17.5 Å². The van der Waals surface area contributed by atoms with Gasteiger partial charge in [0.1, 0.15) is 11.4 Å². The average molecular weight is 490 g/mol. The van der Waals surface area contributed by atoms with Gasteiger partial charge >= 0.3 is 6.18 Å². The first kappa shape index (κ1) is 21.8. The molecule has 0 spiro atoms. The summed E-state index contributed by atoms with van der Waals surface area (Å²) >= 11 is 6.26. The number of halogens is 4. The Bertz CT molecular complexity index is 1200. The number of hydrogen-bond acceptors (Lipinski definition) is 6. The molecule has 2 aliphatic heterocycles. The lowest BCUT2D eigenvalue weighted by Crippen LogP contribution is -2.47. The van der Waals surface area contributed by atoms with Gasteiger partial charge in [-0.1, -0.05) is 11.6 Å². The predicted octanol–water partition coefficient (Wildman–Crippen LogP) is 4.51. The van der Waals surface area contributed by atoms with E-state index in [2.05, 4.69) is 25.1 Å². The van der Waals surface area contributed by atoms with Crippen LogP contribution in [-0.4, -0.2) is 54.4 Å². The lowest BCUT2D eigenvalue weighted by atomic mass is 9.95. The van der Waals surface area contributed by atoms with Crippen LogP contribution in [0.4, 0.5) is 19.1 Å². The van der Waals surface area contributed by atoms with Crippen LogP contribution >= 0.6 is 11.6 Å². The van der Waals surface area contributed by atoms with Crippen LogP contribution in [-0.2, 0) is 13.1 Å². The Hall–Kier alpha value is -2.72. The SMILES string of the molecule is FC(F)(F)C1(N2Cc3cc(Cl)ccc3-n3c(nnc3C3CCN(c4ncccn4)CC3)C2)CC1. The summed E-state index contributed by atoms with van der Waals surface area (Å²) in [6.07, 6.45) is 1.03. The molecule has 11 heteroatoms. The molecular weight excluding hydrogens is 467 g/mol. The molecule has 0 atom stereocenters. The average Bonchev–Trinajstić information content (AvgIpc) is 3.58. The Labute approximate surface area is 199 Å². The molecule has 4 heterocycles. The predicted molar refractivity (Wildman–Crippen MR) is 120 cm³/mol. The van der Waals surface area contributed by atoms with Gasteiger partial charge < -0.3 is 4.90 Å². The topological polar surface area (TPSA) is 63.0 Å². The molecule has 34 heavy (non-hydrogen) atoms. The van der Waals surface area contributed by atoms with Crippen LogP contribution in [0.5, 0.6) is 0 Å². The zero-order valence-corrected chi connectivity index (χ0v) is 19.1. The second kappa shape index (κ2) is 7.91. The standard InChI is InChI=1S/C23H23ClF3N7/c24-17-2-3-18-16(12-17)13-33(22(6-7-22)23(25,26)27)14-19-30-31-20(34(18)19)15-4-10-32(11-5-15)21-28-8-1-9-29-21/h1-3,8-9,12,15H,4-7,10-11,13-14H2. The molecule has 1 aliphatic carbocycles. The minimum atomic E-state index is -4.30. The van der Waals surface area contributed by atoms with E-state index in [1.165, 1.54) is 4.90 Å². The van der Waals surface area contributed by atoms with Gasteiger partial charge in [0, 0.05) is 43.0 Å². The summed E-state index contributed by atoms with van der Waals surface area (Å²) in [7, 11) is 0. The molecule has 178 valence electrons. The van der Waals surface area contributed by atoms with Crippen molar-refractivity contribution in [2.45, 2.75) is 56.4 Å². The molecule has 2 aromatic heterocycles. The monoisotopic (exact) mass is 489 g/mol. The van der Waals surface area contributed by atoms with E-state index in [1.807, 2.05) is 10.6 Å². The minimum Gasteiger partial charge on any atom is -0.341 e. The van der Waals surface area contributed by atoms with Crippen molar-refractivity contribution in [2.75, 3.05) is 18.0 Å². The Balaban J connectivity index is 1.34. The van der Waals surface area contributed by atoms with Crippen molar-refractivity contribution in [3.05, 3.63) is 58.9 Å². The number of piperidine rings is 1. The molecule has 3 aromatic rings. The second-order valence-corrected chi connectivity index (χ2v) is 9.71. The van der Waals surface area contributed by atoms with Crippen molar-refractivity contribution in [3.8, 4) is 5.69 Å². The van der Waals surface area contributed by atoms with Gasteiger partial charge in [0.2, 0.25) is 5.95 Å². The second-order valence-electron chi connectivity index (χ2n) is 9.28. The van der Waals surface area contributed by atoms with Crippen LogP contribution in [0.25, 0.3) is 5.69 Å². The van der Waals surface area contributed by atoms with E-state index in [-0.39, 0.29) is 31.8 Å². The van der Waals surface area contributed by atoms with Gasteiger partial charge in [0.25, 0.3) is 0 Å². The van der Waals surface area contributed by atoms with E-state index in [9.17, 15) is 13.2 Å². The van der Waals surface area contributed by atoms with Crippen molar-refractivity contribution in [3.63, 3.8) is 0 Å².